The van der Waals surface area contributed by atoms with Gasteiger partial charge in [0.25, 0.3) is 0 Å². The fourth-order valence-corrected chi connectivity index (χ4v) is 2.42. The van der Waals surface area contributed by atoms with E-state index in [-0.39, 0.29) is 12.0 Å². The minimum absolute atomic E-state index is 0.0314. The normalized spacial score (nSPS) is 21.2. The number of aryl methyl sites for hydroxylation is 1. The third-order valence-electron chi connectivity index (χ3n) is 3.51. The smallest absolute Gasteiger partial charge is 0.246 e. The number of amides is 2. The van der Waals surface area contributed by atoms with E-state index in [2.05, 4.69) is 5.32 Å². The molecule has 1 heterocycles. The van der Waals surface area contributed by atoms with Crippen molar-refractivity contribution in [3.8, 4) is 0 Å². The number of nitrogens with one attached hydrogen (secondary N) is 1. The molecule has 0 spiro atoms. The van der Waals surface area contributed by atoms with E-state index in [4.69, 9.17) is 22.1 Å². The van der Waals surface area contributed by atoms with Crippen LogP contribution < -0.4 is 11.1 Å². The van der Waals surface area contributed by atoms with E-state index in [1.165, 1.54) is 0 Å². The zero-order valence-corrected chi connectivity index (χ0v) is 12.4. The second-order valence-electron chi connectivity index (χ2n) is 5.16. The van der Waals surface area contributed by atoms with Crippen LogP contribution in [0.5, 0.6) is 0 Å². The summed E-state index contributed by atoms with van der Waals surface area (Å²) in [6.45, 7) is 0.420. The molecule has 0 aliphatic carbocycles. The molecule has 2 amide bonds. The van der Waals surface area contributed by atoms with Crippen LogP contribution in [0, 0.1) is 0 Å². The molecule has 0 bridgehead atoms. The van der Waals surface area contributed by atoms with Gasteiger partial charge >= 0.3 is 0 Å². The lowest BCUT2D eigenvalue weighted by molar-refractivity contribution is -0.128. The van der Waals surface area contributed by atoms with Crippen molar-refractivity contribution in [2.75, 3.05) is 6.54 Å². The summed E-state index contributed by atoms with van der Waals surface area (Å²) >= 11 is 5.80. The molecule has 0 aromatic heterocycles. The standard InChI is InChI=1S/C15H19ClN2O3/c16-11-4-1-10(2-5-11)3-8-14(19)18-9-12-6-7-13(21-12)15(17)20/h1-2,4-5,12-13H,3,6-9H2,(H2,17,20)(H,18,19). The second-order valence-corrected chi connectivity index (χ2v) is 5.59. The Labute approximate surface area is 128 Å². The van der Waals surface area contributed by atoms with Crippen molar-refractivity contribution in [3.05, 3.63) is 34.9 Å². The number of hydrogen-bond acceptors (Lipinski definition) is 3. The first-order valence-electron chi connectivity index (χ1n) is 7.00. The maximum absolute atomic E-state index is 11.8. The van der Waals surface area contributed by atoms with Gasteiger partial charge in [-0.15, -0.1) is 0 Å². The van der Waals surface area contributed by atoms with Gasteiger partial charge in [-0.3, -0.25) is 9.59 Å². The third kappa shape index (κ3) is 5.02. The fraction of sp³-hybridized carbons (Fsp3) is 0.467. The summed E-state index contributed by atoms with van der Waals surface area (Å²) in [4.78, 5) is 22.7. The molecule has 5 nitrogen and oxygen atoms in total. The number of benzene rings is 1. The van der Waals surface area contributed by atoms with Gasteiger partial charge in [0.1, 0.15) is 6.10 Å². The summed E-state index contributed by atoms with van der Waals surface area (Å²) in [5, 5.41) is 3.51. The van der Waals surface area contributed by atoms with Crippen molar-refractivity contribution in [3.63, 3.8) is 0 Å². The number of ether oxygens (including phenoxy) is 1. The number of halogens is 1. The van der Waals surface area contributed by atoms with Crippen LogP contribution in [0.1, 0.15) is 24.8 Å². The highest BCUT2D eigenvalue weighted by atomic mass is 35.5. The van der Waals surface area contributed by atoms with Crippen molar-refractivity contribution in [1.29, 1.82) is 0 Å². The van der Waals surface area contributed by atoms with Crippen LogP contribution in [0.2, 0.25) is 5.02 Å². The molecule has 0 radical (unpaired) electrons. The van der Waals surface area contributed by atoms with Gasteiger partial charge < -0.3 is 15.8 Å². The Balaban J connectivity index is 1.66. The number of carbonyl (C=O) groups excluding carboxylic acids is 2. The molecule has 114 valence electrons. The van der Waals surface area contributed by atoms with Crippen LogP contribution in [-0.2, 0) is 20.7 Å². The van der Waals surface area contributed by atoms with E-state index in [9.17, 15) is 9.59 Å². The first-order valence-corrected chi connectivity index (χ1v) is 7.38. The lowest BCUT2D eigenvalue weighted by Gasteiger charge is -2.12. The Morgan fingerprint density at radius 3 is 2.62 bits per heavy atom. The van der Waals surface area contributed by atoms with E-state index in [1.807, 2.05) is 24.3 Å². The quantitative estimate of drug-likeness (QED) is 0.834. The van der Waals surface area contributed by atoms with Crippen molar-refractivity contribution < 1.29 is 14.3 Å². The first-order chi connectivity index (χ1) is 10.0. The predicted octanol–water partition coefficient (Wildman–Crippen LogP) is 1.42. The highest BCUT2D eigenvalue weighted by Crippen LogP contribution is 2.18. The van der Waals surface area contributed by atoms with Gasteiger partial charge in [-0.1, -0.05) is 23.7 Å². The molecule has 1 aliphatic heterocycles. The minimum atomic E-state index is -0.513. The monoisotopic (exact) mass is 310 g/mol. The zero-order valence-electron chi connectivity index (χ0n) is 11.7. The van der Waals surface area contributed by atoms with E-state index in [1.54, 1.807) is 0 Å². The molecule has 1 fully saturated rings. The Hall–Kier alpha value is -1.59. The highest BCUT2D eigenvalue weighted by molar-refractivity contribution is 6.30. The molecule has 1 aliphatic rings. The second kappa shape index (κ2) is 7.43. The molecule has 2 atom stereocenters. The van der Waals surface area contributed by atoms with E-state index < -0.39 is 12.0 Å². The lowest BCUT2D eigenvalue weighted by atomic mass is 10.1. The van der Waals surface area contributed by atoms with E-state index >= 15 is 0 Å². The molecule has 3 N–H and O–H groups in total. The summed E-state index contributed by atoms with van der Waals surface area (Å²) in [7, 11) is 0. The van der Waals surface area contributed by atoms with Crippen LogP contribution in [-0.4, -0.2) is 30.6 Å². The Morgan fingerprint density at radius 1 is 1.29 bits per heavy atom. The minimum Gasteiger partial charge on any atom is -0.367 e. The van der Waals surface area contributed by atoms with Crippen molar-refractivity contribution in [2.45, 2.75) is 37.9 Å². The fourth-order valence-electron chi connectivity index (χ4n) is 2.29. The molecule has 1 aromatic carbocycles. The number of carbonyl (C=O) groups is 2. The summed E-state index contributed by atoms with van der Waals surface area (Å²) in [5.41, 5.74) is 6.25. The Kier molecular flexibility index (Phi) is 5.59. The molecule has 1 aromatic rings. The number of rotatable bonds is 6. The number of hydrogen-bond donors (Lipinski definition) is 2. The third-order valence-corrected chi connectivity index (χ3v) is 3.76. The average Bonchev–Trinajstić information content (AvgIpc) is 2.93. The van der Waals surface area contributed by atoms with Gasteiger partial charge in [-0.25, -0.2) is 0 Å². The van der Waals surface area contributed by atoms with Crippen LogP contribution in [0.25, 0.3) is 0 Å². The van der Waals surface area contributed by atoms with Crippen LogP contribution in [0.3, 0.4) is 0 Å². The van der Waals surface area contributed by atoms with E-state index in [0.29, 0.717) is 30.8 Å². The lowest BCUT2D eigenvalue weighted by Crippen LogP contribution is -2.34. The van der Waals surface area contributed by atoms with Crippen molar-refractivity contribution in [1.82, 2.24) is 5.32 Å². The van der Waals surface area contributed by atoms with Gasteiger partial charge in [0, 0.05) is 18.0 Å². The van der Waals surface area contributed by atoms with Gasteiger partial charge in [0.15, 0.2) is 0 Å². The topological polar surface area (TPSA) is 81.4 Å². The first kappa shape index (κ1) is 15.8. The van der Waals surface area contributed by atoms with Crippen molar-refractivity contribution >= 4 is 23.4 Å². The maximum atomic E-state index is 11.8. The zero-order chi connectivity index (χ0) is 15.2. The van der Waals surface area contributed by atoms with Crippen LogP contribution in [0.15, 0.2) is 24.3 Å². The summed E-state index contributed by atoms with van der Waals surface area (Å²) in [6, 6.07) is 7.44. The largest absolute Gasteiger partial charge is 0.367 e. The summed E-state index contributed by atoms with van der Waals surface area (Å²) in [6.07, 6.45) is 1.81. The SMILES string of the molecule is NC(=O)C1CCC(CNC(=O)CCc2ccc(Cl)cc2)O1. The van der Waals surface area contributed by atoms with Gasteiger partial charge in [0.2, 0.25) is 11.8 Å². The van der Waals surface area contributed by atoms with Gasteiger partial charge in [0.05, 0.1) is 6.10 Å². The Morgan fingerprint density at radius 2 is 2.00 bits per heavy atom. The van der Waals surface area contributed by atoms with E-state index in [0.717, 1.165) is 12.0 Å². The highest BCUT2D eigenvalue weighted by Gasteiger charge is 2.29. The van der Waals surface area contributed by atoms with Crippen molar-refractivity contribution in [2.24, 2.45) is 5.73 Å². The molecule has 1 saturated heterocycles. The molecule has 2 unspecified atom stereocenters. The number of primary amides is 1. The molecule has 6 heteroatoms. The number of nitrogens with two attached hydrogens (primary N) is 1. The predicted molar refractivity (Wildman–Crippen MR) is 79.9 cm³/mol. The molecule has 2 rings (SSSR count). The van der Waals surface area contributed by atoms with Crippen LogP contribution >= 0.6 is 11.6 Å². The average molecular weight is 311 g/mol. The maximum Gasteiger partial charge on any atom is 0.246 e. The molecule has 21 heavy (non-hydrogen) atoms. The molecular formula is C15H19ClN2O3. The summed E-state index contributed by atoms with van der Waals surface area (Å²) < 4.78 is 5.45. The van der Waals surface area contributed by atoms with Gasteiger partial charge in [-0.2, -0.15) is 0 Å². The molecular weight excluding hydrogens is 292 g/mol. The van der Waals surface area contributed by atoms with Crippen LogP contribution in [0.4, 0.5) is 0 Å². The Bertz CT molecular complexity index is 504. The van der Waals surface area contributed by atoms with Gasteiger partial charge in [-0.05, 0) is 37.0 Å². The molecule has 0 saturated carbocycles. The summed E-state index contributed by atoms with van der Waals surface area (Å²) in [5.74, 6) is -0.470.